The number of nitrogens with zero attached hydrogens (tertiary/aromatic N) is 1. The smallest absolute Gasteiger partial charge is 0.260 e. The fourth-order valence-corrected chi connectivity index (χ4v) is 5.85. The Balaban J connectivity index is 1.54. The summed E-state index contributed by atoms with van der Waals surface area (Å²) in [7, 11) is -3.54. The average Bonchev–Trinajstić information content (AvgIpc) is 3.47. The molecule has 6 nitrogen and oxygen atoms in total. The Hall–Kier alpha value is -2.88. The molecule has 1 saturated carbocycles. The second kappa shape index (κ2) is 7.37. The maximum Gasteiger partial charge on any atom is 0.260 e. The molecule has 2 heterocycles. The van der Waals surface area contributed by atoms with E-state index in [1.807, 2.05) is 6.92 Å². The number of rotatable bonds is 5. The zero-order valence-electron chi connectivity index (χ0n) is 16.5. The van der Waals surface area contributed by atoms with Crippen molar-refractivity contribution in [3.63, 3.8) is 0 Å². The van der Waals surface area contributed by atoms with Gasteiger partial charge < -0.3 is 4.98 Å². The molecule has 31 heavy (non-hydrogen) atoms. The minimum absolute atomic E-state index is 0.0301. The normalized spacial score (nSPS) is 14.3. The molecule has 0 amide bonds. The van der Waals surface area contributed by atoms with Crippen LogP contribution in [0.15, 0.2) is 58.2 Å². The van der Waals surface area contributed by atoms with Crippen LogP contribution in [0.2, 0.25) is 0 Å². The molecule has 5 rings (SSSR count). The van der Waals surface area contributed by atoms with Crippen molar-refractivity contribution in [2.45, 2.75) is 30.7 Å². The number of aromatic nitrogens is 2. The van der Waals surface area contributed by atoms with Gasteiger partial charge in [0.15, 0.2) is 0 Å². The summed E-state index contributed by atoms with van der Waals surface area (Å²) in [5.41, 5.74) is 1.81. The first-order valence-electron chi connectivity index (χ1n) is 9.74. The van der Waals surface area contributed by atoms with Crippen molar-refractivity contribution in [2.24, 2.45) is 0 Å². The Morgan fingerprint density at radius 3 is 2.35 bits per heavy atom. The first-order valence-corrected chi connectivity index (χ1v) is 12.0. The van der Waals surface area contributed by atoms with Crippen molar-refractivity contribution < 1.29 is 12.8 Å². The van der Waals surface area contributed by atoms with Crippen molar-refractivity contribution in [1.82, 2.24) is 14.7 Å². The monoisotopic (exact) mass is 455 g/mol. The van der Waals surface area contributed by atoms with Crippen LogP contribution >= 0.6 is 11.3 Å². The quantitative estimate of drug-likeness (QED) is 0.472. The van der Waals surface area contributed by atoms with E-state index in [1.165, 1.54) is 35.6 Å². The lowest BCUT2D eigenvalue weighted by Crippen LogP contribution is -2.25. The van der Waals surface area contributed by atoms with E-state index in [2.05, 4.69) is 14.7 Å². The van der Waals surface area contributed by atoms with Crippen molar-refractivity contribution in [1.29, 1.82) is 0 Å². The number of nitrogens with one attached hydrogen (secondary N) is 2. The topological polar surface area (TPSA) is 91.9 Å². The molecule has 1 aliphatic carbocycles. The van der Waals surface area contributed by atoms with E-state index in [9.17, 15) is 17.6 Å². The lowest BCUT2D eigenvalue weighted by atomic mass is 10.0. The van der Waals surface area contributed by atoms with Crippen molar-refractivity contribution in [2.75, 3.05) is 0 Å². The number of fused-ring (bicyclic) bond motifs is 1. The van der Waals surface area contributed by atoms with Crippen molar-refractivity contribution in [3.05, 3.63) is 69.6 Å². The number of hydrogen-bond acceptors (Lipinski definition) is 5. The molecule has 0 spiro atoms. The molecule has 0 bridgehead atoms. The Bertz CT molecular complexity index is 1450. The molecule has 0 saturated heterocycles. The molecule has 158 valence electrons. The molecule has 1 aliphatic rings. The van der Waals surface area contributed by atoms with E-state index < -0.39 is 10.0 Å². The first kappa shape index (κ1) is 20.0. The molecule has 2 aromatic carbocycles. The summed E-state index contributed by atoms with van der Waals surface area (Å²) < 4.78 is 40.7. The third-order valence-corrected chi connectivity index (χ3v) is 7.74. The van der Waals surface area contributed by atoms with Crippen LogP contribution in [0.25, 0.3) is 32.7 Å². The summed E-state index contributed by atoms with van der Waals surface area (Å²) in [6.45, 7) is 1.90. The fraction of sp³-hybridized carbons (Fsp3) is 0.182. The number of thiophene rings is 1. The highest BCUT2D eigenvalue weighted by Gasteiger charge is 2.28. The molecule has 2 aromatic heterocycles. The highest BCUT2D eigenvalue weighted by molar-refractivity contribution is 7.89. The number of sulfonamides is 1. The zero-order chi connectivity index (χ0) is 21.8. The largest absolute Gasteiger partial charge is 0.306 e. The van der Waals surface area contributed by atoms with E-state index in [0.29, 0.717) is 21.6 Å². The van der Waals surface area contributed by atoms with Gasteiger partial charge in [-0.05, 0) is 61.7 Å². The molecule has 0 radical (unpaired) electrons. The van der Waals surface area contributed by atoms with E-state index >= 15 is 0 Å². The van der Waals surface area contributed by atoms with Gasteiger partial charge in [-0.3, -0.25) is 4.79 Å². The number of halogens is 1. The molecule has 0 unspecified atom stereocenters. The van der Waals surface area contributed by atoms with Gasteiger partial charge in [0.1, 0.15) is 16.5 Å². The predicted molar refractivity (Wildman–Crippen MR) is 119 cm³/mol. The van der Waals surface area contributed by atoms with Crippen LogP contribution < -0.4 is 10.3 Å². The van der Waals surface area contributed by atoms with Crippen LogP contribution in [0.4, 0.5) is 4.39 Å². The van der Waals surface area contributed by atoms with E-state index in [-0.39, 0.29) is 22.3 Å². The summed E-state index contributed by atoms with van der Waals surface area (Å²) in [6.07, 6.45) is 1.73. The number of aryl methyl sites for hydroxylation is 1. The highest BCUT2D eigenvalue weighted by atomic mass is 32.2. The number of benzene rings is 2. The standard InChI is InChI=1S/C22H18FN3O3S2/c1-12-18(13-2-6-15(23)7-3-13)19-21(27)24-20(25-22(19)30-12)14-4-10-17(11-5-14)31(28,29)26-16-8-9-16/h2-7,10-11,16,26H,8-9H2,1H3,(H,24,25,27). The maximum absolute atomic E-state index is 13.3. The van der Waals surface area contributed by atoms with Gasteiger partial charge in [-0.1, -0.05) is 12.1 Å². The molecule has 4 aromatic rings. The van der Waals surface area contributed by atoms with Crippen LogP contribution in [0.1, 0.15) is 17.7 Å². The molecular weight excluding hydrogens is 437 g/mol. The second-order valence-electron chi connectivity index (χ2n) is 7.55. The van der Waals surface area contributed by atoms with Crippen molar-refractivity contribution in [3.8, 4) is 22.5 Å². The number of aromatic amines is 1. The lowest BCUT2D eigenvalue weighted by Gasteiger charge is -2.07. The highest BCUT2D eigenvalue weighted by Crippen LogP contribution is 2.36. The van der Waals surface area contributed by atoms with Gasteiger partial charge in [-0.15, -0.1) is 11.3 Å². The molecule has 1 fully saturated rings. The minimum Gasteiger partial charge on any atom is -0.306 e. The minimum atomic E-state index is -3.54. The van der Waals surface area contributed by atoms with Crippen LogP contribution in [-0.2, 0) is 10.0 Å². The van der Waals surface area contributed by atoms with Crippen LogP contribution in [-0.4, -0.2) is 24.4 Å². The second-order valence-corrected chi connectivity index (χ2v) is 10.5. The Labute approximate surface area is 181 Å². The van der Waals surface area contributed by atoms with Gasteiger partial charge in [0, 0.05) is 22.0 Å². The summed E-state index contributed by atoms with van der Waals surface area (Å²) in [5, 5.41) is 0.464. The zero-order valence-corrected chi connectivity index (χ0v) is 18.1. The summed E-state index contributed by atoms with van der Waals surface area (Å²) in [5.74, 6) is 0.0246. The summed E-state index contributed by atoms with van der Waals surface area (Å²) in [6, 6.07) is 12.3. The maximum atomic E-state index is 13.3. The van der Waals surface area contributed by atoms with Crippen molar-refractivity contribution >= 4 is 31.6 Å². The predicted octanol–water partition coefficient (Wildman–Crippen LogP) is 4.21. The van der Waals surface area contributed by atoms with Gasteiger partial charge in [0.25, 0.3) is 5.56 Å². The number of H-pyrrole nitrogens is 1. The summed E-state index contributed by atoms with van der Waals surface area (Å²) in [4.78, 5) is 22.0. The third-order valence-electron chi connectivity index (χ3n) is 5.21. The molecular formula is C22H18FN3O3S2. The van der Waals surface area contributed by atoms with E-state index in [4.69, 9.17) is 0 Å². The van der Waals surface area contributed by atoms with Gasteiger partial charge in [0.05, 0.1) is 10.3 Å². The number of hydrogen-bond donors (Lipinski definition) is 2. The van der Waals surface area contributed by atoms with Gasteiger partial charge in [-0.25, -0.2) is 22.5 Å². The van der Waals surface area contributed by atoms with Gasteiger partial charge in [-0.2, -0.15) is 0 Å². The lowest BCUT2D eigenvalue weighted by molar-refractivity contribution is 0.581. The third kappa shape index (κ3) is 3.80. The molecule has 0 aliphatic heterocycles. The first-order chi connectivity index (χ1) is 14.8. The van der Waals surface area contributed by atoms with Gasteiger partial charge in [0.2, 0.25) is 10.0 Å². The van der Waals surface area contributed by atoms with E-state index in [1.54, 1.807) is 24.3 Å². The van der Waals surface area contributed by atoms with Crippen LogP contribution in [0, 0.1) is 12.7 Å². The summed E-state index contributed by atoms with van der Waals surface area (Å²) >= 11 is 1.39. The molecule has 2 N–H and O–H groups in total. The Morgan fingerprint density at radius 1 is 1.06 bits per heavy atom. The van der Waals surface area contributed by atoms with Crippen LogP contribution in [0.3, 0.4) is 0 Å². The fourth-order valence-electron chi connectivity index (χ4n) is 3.50. The molecule has 9 heteroatoms. The Morgan fingerprint density at radius 2 is 1.71 bits per heavy atom. The average molecular weight is 456 g/mol. The van der Waals surface area contributed by atoms with Crippen LogP contribution in [0.5, 0.6) is 0 Å². The Kier molecular flexibility index (Phi) is 4.76. The SMILES string of the molecule is Cc1sc2nc(-c3ccc(S(=O)(=O)NC4CC4)cc3)[nH]c(=O)c2c1-c1ccc(F)cc1. The molecule has 0 atom stereocenters. The van der Waals surface area contributed by atoms with E-state index in [0.717, 1.165) is 28.8 Å². The van der Waals surface area contributed by atoms with Gasteiger partial charge >= 0.3 is 0 Å².